The molecule has 1 fully saturated rings. The summed E-state index contributed by atoms with van der Waals surface area (Å²) in [6.45, 7) is 6.11. The Morgan fingerprint density at radius 2 is 2.06 bits per heavy atom. The van der Waals surface area contributed by atoms with Crippen molar-refractivity contribution in [3.8, 4) is 0 Å². The van der Waals surface area contributed by atoms with Crippen molar-refractivity contribution in [2.45, 2.75) is 57.9 Å². The number of aromatic nitrogens is 2. The van der Waals surface area contributed by atoms with Gasteiger partial charge in [-0.1, -0.05) is 13.3 Å². The third kappa shape index (κ3) is 2.59. The Kier molecular flexibility index (Phi) is 2.98. The van der Waals surface area contributed by atoms with E-state index in [0.29, 0.717) is 5.92 Å². The average Bonchev–Trinajstić information content (AvgIpc) is 2.99. The monoisotopic (exact) mass is 219 g/mol. The van der Waals surface area contributed by atoms with Gasteiger partial charge in [-0.2, -0.15) is 0 Å². The molecule has 0 radical (unpaired) electrons. The van der Waals surface area contributed by atoms with E-state index in [9.17, 15) is 0 Å². The van der Waals surface area contributed by atoms with Crippen LogP contribution in [0.4, 0.5) is 0 Å². The molecule has 3 heteroatoms. The first kappa shape index (κ1) is 11.5. The van der Waals surface area contributed by atoms with Crippen LogP contribution in [0.15, 0.2) is 6.07 Å². The second-order valence-corrected chi connectivity index (χ2v) is 5.35. The maximum atomic E-state index is 6.09. The maximum absolute atomic E-state index is 6.09. The second-order valence-electron chi connectivity index (χ2n) is 5.35. The molecule has 3 nitrogen and oxygen atoms in total. The third-order valence-electron chi connectivity index (χ3n) is 2.88. The Morgan fingerprint density at radius 1 is 1.38 bits per heavy atom. The van der Waals surface area contributed by atoms with E-state index in [-0.39, 0.29) is 0 Å². The van der Waals surface area contributed by atoms with Gasteiger partial charge in [-0.3, -0.25) is 0 Å². The maximum Gasteiger partial charge on any atom is 0.148 e. The molecule has 1 heterocycles. The van der Waals surface area contributed by atoms with Crippen LogP contribution < -0.4 is 5.73 Å². The van der Waals surface area contributed by atoms with E-state index >= 15 is 0 Å². The van der Waals surface area contributed by atoms with Crippen molar-refractivity contribution in [2.24, 2.45) is 5.73 Å². The van der Waals surface area contributed by atoms with Crippen molar-refractivity contribution in [3.63, 3.8) is 0 Å². The molecule has 1 aliphatic carbocycles. The SMILES string of the molecule is CCCc1cc(C2CC2)nc(C(C)(C)N)n1. The summed E-state index contributed by atoms with van der Waals surface area (Å²) < 4.78 is 0. The first-order valence-electron chi connectivity index (χ1n) is 6.18. The van der Waals surface area contributed by atoms with Crippen molar-refractivity contribution in [1.82, 2.24) is 9.97 Å². The average molecular weight is 219 g/mol. The molecule has 0 bridgehead atoms. The minimum atomic E-state index is -0.437. The lowest BCUT2D eigenvalue weighted by Crippen LogP contribution is -2.32. The van der Waals surface area contributed by atoms with Crippen LogP contribution >= 0.6 is 0 Å². The normalized spacial score (nSPS) is 16.5. The summed E-state index contributed by atoms with van der Waals surface area (Å²) in [5.74, 6) is 1.46. The number of aryl methyl sites for hydroxylation is 1. The molecule has 1 saturated carbocycles. The molecule has 0 aromatic carbocycles. The number of nitrogens with two attached hydrogens (primary N) is 1. The standard InChI is InChI=1S/C13H21N3/c1-4-5-10-8-11(9-6-7-9)16-12(15-10)13(2,3)14/h8-9H,4-7,14H2,1-3H3. The van der Waals surface area contributed by atoms with Gasteiger partial charge in [0.05, 0.1) is 5.54 Å². The highest BCUT2D eigenvalue weighted by Gasteiger charge is 2.28. The van der Waals surface area contributed by atoms with E-state index in [4.69, 9.17) is 5.73 Å². The number of hydrogen-bond acceptors (Lipinski definition) is 3. The fraction of sp³-hybridized carbons (Fsp3) is 0.692. The number of hydrogen-bond donors (Lipinski definition) is 1. The molecule has 1 aliphatic rings. The Hall–Kier alpha value is -0.960. The molecule has 2 N–H and O–H groups in total. The largest absolute Gasteiger partial charge is 0.319 e. The minimum absolute atomic E-state index is 0.437. The van der Waals surface area contributed by atoms with Gasteiger partial charge < -0.3 is 5.73 Å². The minimum Gasteiger partial charge on any atom is -0.319 e. The van der Waals surface area contributed by atoms with E-state index < -0.39 is 5.54 Å². The molecule has 0 atom stereocenters. The highest BCUT2D eigenvalue weighted by atomic mass is 15.0. The zero-order valence-electron chi connectivity index (χ0n) is 10.5. The Labute approximate surface area is 97.5 Å². The highest BCUT2D eigenvalue weighted by molar-refractivity contribution is 5.21. The van der Waals surface area contributed by atoms with E-state index in [1.807, 2.05) is 13.8 Å². The summed E-state index contributed by atoms with van der Waals surface area (Å²) in [5, 5.41) is 0. The summed E-state index contributed by atoms with van der Waals surface area (Å²) in [6, 6.07) is 2.16. The van der Waals surface area contributed by atoms with Gasteiger partial charge in [-0.05, 0) is 39.2 Å². The first-order valence-corrected chi connectivity index (χ1v) is 6.18. The van der Waals surface area contributed by atoms with Crippen LogP contribution in [0.2, 0.25) is 0 Å². The Morgan fingerprint density at radius 3 is 2.56 bits per heavy atom. The van der Waals surface area contributed by atoms with Crippen molar-refractivity contribution >= 4 is 0 Å². The predicted molar refractivity (Wildman–Crippen MR) is 65.2 cm³/mol. The van der Waals surface area contributed by atoms with Crippen molar-refractivity contribution in [2.75, 3.05) is 0 Å². The van der Waals surface area contributed by atoms with Gasteiger partial charge in [0.25, 0.3) is 0 Å². The quantitative estimate of drug-likeness (QED) is 0.846. The van der Waals surface area contributed by atoms with Crippen molar-refractivity contribution < 1.29 is 0 Å². The Bertz CT molecular complexity index is 375. The van der Waals surface area contributed by atoms with Gasteiger partial charge in [0, 0.05) is 17.3 Å². The number of nitrogens with zero attached hydrogens (tertiary/aromatic N) is 2. The van der Waals surface area contributed by atoms with Crippen LogP contribution in [-0.4, -0.2) is 9.97 Å². The smallest absolute Gasteiger partial charge is 0.148 e. The zero-order chi connectivity index (χ0) is 11.8. The fourth-order valence-corrected chi connectivity index (χ4v) is 1.78. The predicted octanol–water partition coefficient (Wildman–Crippen LogP) is 2.50. The van der Waals surface area contributed by atoms with Gasteiger partial charge in [0.15, 0.2) is 0 Å². The first-order chi connectivity index (χ1) is 7.50. The summed E-state index contributed by atoms with van der Waals surface area (Å²) in [4.78, 5) is 9.18. The van der Waals surface area contributed by atoms with Crippen LogP contribution in [0.5, 0.6) is 0 Å². The molecular weight excluding hydrogens is 198 g/mol. The summed E-state index contributed by atoms with van der Waals surface area (Å²) in [6.07, 6.45) is 4.68. The van der Waals surface area contributed by atoms with Crippen LogP contribution in [0.3, 0.4) is 0 Å². The number of rotatable bonds is 4. The van der Waals surface area contributed by atoms with Gasteiger partial charge in [-0.25, -0.2) is 9.97 Å². The molecule has 0 saturated heterocycles. The van der Waals surface area contributed by atoms with Gasteiger partial charge in [0.2, 0.25) is 0 Å². The molecule has 0 spiro atoms. The van der Waals surface area contributed by atoms with E-state index in [2.05, 4.69) is 23.0 Å². The van der Waals surface area contributed by atoms with Crippen LogP contribution in [0.25, 0.3) is 0 Å². The molecular formula is C13H21N3. The van der Waals surface area contributed by atoms with E-state index in [1.165, 1.54) is 18.5 Å². The van der Waals surface area contributed by atoms with Gasteiger partial charge in [0.1, 0.15) is 5.82 Å². The summed E-state index contributed by atoms with van der Waals surface area (Å²) in [7, 11) is 0. The second kappa shape index (κ2) is 4.13. The van der Waals surface area contributed by atoms with Gasteiger partial charge in [-0.15, -0.1) is 0 Å². The van der Waals surface area contributed by atoms with Crippen LogP contribution in [0, 0.1) is 0 Å². The zero-order valence-corrected chi connectivity index (χ0v) is 10.5. The molecule has 88 valence electrons. The lowest BCUT2D eigenvalue weighted by atomic mass is 10.1. The molecule has 16 heavy (non-hydrogen) atoms. The summed E-state index contributed by atoms with van der Waals surface area (Å²) >= 11 is 0. The summed E-state index contributed by atoms with van der Waals surface area (Å²) in [5.41, 5.74) is 8.00. The van der Waals surface area contributed by atoms with Crippen molar-refractivity contribution in [3.05, 3.63) is 23.3 Å². The molecule has 1 aromatic rings. The molecule has 0 aliphatic heterocycles. The molecule has 0 unspecified atom stereocenters. The van der Waals surface area contributed by atoms with Crippen LogP contribution in [0.1, 0.15) is 63.2 Å². The topological polar surface area (TPSA) is 51.8 Å². The lowest BCUT2D eigenvalue weighted by Gasteiger charge is -2.18. The van der Waals surface area contributed by atoms with Crippen LogP contribution in [-0.2, 0) is 12.0 Å². The van der Waals surface area contributed by atoms with Gasteiger partial charge >= 0.3 is 0 Å². The lowest BCUT2D eigenvalue weighted by molar-refractivity contribution is 0.507. The fourth-order valence-electron chi connectivity index (χ4n) is 1.78. The molecule has 0 amide bonds. The highest BCUT2D eigenvalue weighted by Crippen LogP contribution is 2.39. The molecule has 1 aromatic heterocycles. The van der Waals surface area contributed by atoms with E-state index in [1.54, 1.807) is 0 Å². The molecule has 2 rings (SSSR count). The van der Waals surface area contributed by atoms with E-state index in [0.717, 1.165) is 24.4 Å². The Balaban J connectivity index is 2.36. The van der Waals surface area contributed by atoms with Crippen molar-refractivity contribution in [1.29, 1.82) is 0 Å². The third-order valence-corrected chi connectivity index (χ3v) is 2.88.